The molecule has 0 radical (unpaired) electrons. The molecule has 2 atom stereocenters. The molecule has 0 aliphatic heterocycles. The fourth-order valence-corrected chi connectivity index (χ4v) is 2.67. The number of carbonyl (C=O) groups excluding carboxylic acids is 2. The molecule has 0 aliphatic rings. The molecule has 0 aromatic carbocycles. The lowest BCUT2D eigenvalue weighted by Gasteiger charge is -2.11. The number of hydrogen-bond donors (Lipinski definition) is 0. The molecule has 2 nitrogen and oxygen atoms in total. The number of unbranched alkanes of at least 4 members (excludes halogenated alkanes) is 4. The maximum absolute atomic E-state index is 11.9. The van der Waals surface area contributed by atoms with Crippen LogP contribution < -0.4 is 0 Å². The molecule has 0 saturated carbocycles. The van der Waals surface area contributed by atoms with E-state index < -0.39 is 0 Å². The second-order valence-electron chi connectivity index (χ2n) is 6.18. The van der Waals surface area contributed by atoms with Crippen molar-refractivity contribution in [3.8, 4) is 0 Å². The number of carbonyl (C=O) groups is 2. The highest BCUT2D eigenvalue weighted by atomic mass is 16.1. The van der Waals surface area contributed by atoms with Gasteiger partial charge in [0.1, 0.15) is 11.6 Å². The van der Waals surface area contributed by atoms with E-state index in [0.29, 0.717) is 11.6 Å². The molecule has 0 saturated heterocycles. The Balaban J connectivity index is 3.63. The van der Waals surface area contributed by atoms with Crippen LogP contribution in [0.4, 0.5) is 0 Å². The van der Waals surface area contributed by atoms with Crippen LogP contribution in [0.15, 0.2) is 0 Å². The fourth-order valence-electron chi connectivity index (χ4n) is 2.67. The molecule has 2 unspecified atom stereocenters. The minimum absolute atomic E-state index is 0.235. The van der Waals surface area contributed by atoms with Gasteiger partial charge in [0, 0.05) is 18.3 Å². The van der Waals surface area contributed by atoms with Crippen molar-refractivity contribution in [1.29, 1.82) is 0 Å². The number of ketones is 2. The summed E-state index contributed by atoms with van der Waals surface area (Å²) in [5, 5.41) is 0. The first kappa shape index (κ1) is 19.3. The topological polar surface area (TPSA) is 34.1 Å². The van der Waals surface area contributed by atoms with Crippen molar-refractivity contribution in [3.05, 3.63) is 0 Å². The van der Waals surface area contributed by atoms with Crippen molar-refractivity contribution in [2.75, 3.05) is 0 Å². The lowest BCUT2D eigenvalue weighted by molar-refractivity contribution is -0.123. The SMILES string of the molecule is CCCCCC(C)C(=O)CCCCCC(CC)C(C)=O. The zero-order valence-electron chi connectivity index (χ0n) is 14.0. The summed E-state index contributed by atoms with van der Waals surface area (Å²) >= 11 is 0. The van der Waals surface area contributed by atoms with Crippen molar-refractivity contribution < 1.29 is 9.59 Å². The second-order valence-corrected chi connectivity index (χ2v) is 6.18. The van der Waals surface area contributed by atoms with Gasteiger partial charge in [0.15, 0.2) is 0 Å². The lowest BCUT2D eigenvalue weighted by atomic mass is 9.93. The molecule has 0 aromatic heterocycles. The van der Waals surface area contributed by atoms with Gasteiger partial charge in [0.25, 0.3) is 0 Å². The summed E-state index contributed by atoms with van der Waals surface area (Å²) in [4.78, 5) is 23.3. The van der Waals surface area contributed by atoms with Crippen molar-refractivity contribution in [3.63, 3.8) is 0 Å². The quantitative estimate of drug-likeness (QED) is 0.427. The molecular formula is C18H34O2. The highest BCUT2D eigenvalue weighted by Crippen LogP contribution is 2.17. The van der Waals surface area contributed by atoms with Crippen LogP contribution in [0.3, 0.4) is 0 Å². The highest BCUT2D eigenvalue weighted by molar-refractivity contribution is 5.80. The van der Waals surface area contributed by atoms with E-state index in [0.717, 1.165) is 44.9 Å². The van der Waals surface area contributed by atoms with E-state index in [1.807, 2.05) is 0 Å². The summed E-state index contributed by atoms with van der Waals surface area (Å²) in [6.45, 7) is 8.03. The minimum atomic E-state index is 0.235. The van der Waals surface area contributed by atoms with E-state index in [4.69, 9.17) is 0 Å². The third-order valence-corrected chi connectivity index (χ3v) is 4.33. The molecule has 0 aliphatic carbocycles. The van der Waals surface area contributed by atoms with Crippen LogP contribution in [0.5, 0.6) is 0 Å². The largest absolute Gasteiger partial charge is 0.300 e. The zero-order chi connectivity index (χ0) is 15.4. The predicted octanol–water partition coefficient (Wildman–Crippen LogP) is 5.34. The normalized spacial score (nSPS) is 14.0. The molecule has 2 heteroatoms. The van der Waals surface area contributed by atoms with Crippen LogP contribution >= 0.6 is 0 Å². The molecule has 0 fully saturated rings. The van der Waals surface area contributed by atoms with Gasteiger partial charge < -0.3 is 0 Å². The van der Waals surface area contributed by atoms with E-state index >= 15 is 0 Å². The van der Waals surface area contributed by atoms with Crippen LogP contribution in [-0.4, -0.2) is 11.6 Å². The summed E-state index contributed by atoms with van der Waals surface area (Å²) in [6.07, 6.45) is 10.5. The fraction of sp³-hybridized carbons (Fsp3) is 0.889. The lowest BCUT2D eigenvalue weighted by Crippen LogP contribution is -2.11. The maximum Gasteiger partial charge on any atom is 0.135 e. The number of Topliss-reactive ketones (excluding diaryl/α,β-unsaturated/α-hetero) is 2. The Bertz CT molecular complexity index is 271. The van der Waals surface area contributed by atoms with Gasteiger partial charge in [0.2, 0.25) is 0 Å². The van der Waals surface area contributed by atoms with Crippen LogP contribution in [0.1, 0.15) is 91.9 Å². The van der Waals surface area contributed by atoms with E-state index in [2.05, 4.69) is 20.8 Å². The minimum Gasteiger partial charge on any atom is -0.300 e. The molecule has 118 valence electrons. The van der Waals surface area contributed by atoms with Crippen LogP contribution in [0, 0.1) is 11.8 Å². The first-order valence-corrected chi connectivity index (χ1v) is 8.56. The van der Waals surface area contributed by atoms with E-state index in [9.17, 15) is 9.59 Å². The summed E-state index contributed by atoms with van der Waals surface area (Å²) < 4.78 is 0. The van der Waals surface area contributed by atoms with E-state index in [-0.39, 0.29) is 11.8 Å². The van der Waals surface area contributed by atoms with Crippen molar-refractivity contribution in [2.24, 2.45) is 11.8 Å². The van der Waals surface area contributed by atoms with E-state index in [1.165, 1.54) is 19.3 Å². The smallest absolute Gasteiger partial charge is 0.135 e. The van der Waals surface area contributed by atoms with Gasteiger partial charge >= 0.3 is 0 Å². The average Bonchev–Trinajstić information content (AvgIpc) is 2.42. The predicted molar refractivity (Wildman–Crippen MR) is 85.9 cm³/mol. The van der Waals surface area contributed by atoms with Gasteiger partial charge in [-0.2, -0.15) is 0 Å². The average molecular weight is 282 g/mol. The molecule has 0 aromatic rings. The van der Waals surface area contributed by atoms with Gasteiger partial charge in [-0.15, -0.1) is 0 Å². The van der Waals surface area contributed by atoms with E-state index in [1.54, 1.807) is 6.92 Å². The first-order chi connectivity index (χ1) is 9.52. The molecule has 0 bridgehead atoms. The number of hydrogen-bond acceptors (Lipinski definition) is 2. The van der Waals surface area contributed by atoms with Crippen molar-refractivity contribution >= 4 is 11.6 Å². The monoisotopic (exact) mass is 282 g/mol. The van der Waals surface area contributed by atoms with Gasteiger partial charge in [-0.05, 0) is 32.6 Å². The van der Waals surface area contributed by atoms with Crippen LogP contribution in [-0.2, 0) is 9.59 Å². The second kappa shape index (κ2) is 12.1. The van der Waals surface area contributed by atoms with Crippen molar-refractivity contribution in [1.82, 2.24) is 0 Å². The first-order valence-electron chi connectivity index (χ1n) is 8.56. The molecule has 0 N–H and O–H groups in total. The third-order valence-electron chi connectivity index (χ3n) is 4.33. The Hall–Kier alpha value is -0.660. The summed E-state index contributed by atoms with van der Waals surface area (Å²) in [6, 6.07) is 0. The molecule has 0 heterocycles. The standard InChI is InChI=1S/C18H34O2/c1-5-7-9-12-15(3)18(20)14-11-8-10-13-17(6-2)16(4)19/h15,17H,5-14H2,1-4H3. The highest BCUT2D eigenvalue weighted by Gasteiger charge is 2.13. The Labute approximate surface area is 125 Å². The molecule has 0 rings (SSSR count). The molecular weight excluding hydrogens is 248 g/mol. The molecule has 0 spiro atoms. The van der Waals surface area contributed by atoms with Crippen LogP contribution in [0.2, 0.25) is 0 Å². The Morgan fingerprint density at radius 3 is 2.10 bits per heavy atom. The summed E-state index contributed by atoms with van der Waals surface area (Å²) in [7, 11) is 0. The summed E-state index contributed by atoms with van der Waals surface area (Å²) in [5.74, 6) is 1.22. The Kier molecular flexibility index (Phi) is 11.7. The van der Waals surface area contributed by atoms with Gasteiger partial charge in [-0.1, -0.05) is 52.9 Å². The maximum atomic E-state index is 11.9. The van der Waals surface area contributed by atoms with Gasteiger partial charge in [-0.3, -0.25) is 9.59 Å². The van der Waals surface area contributed by atoms with Crippen molar-refractivity contribution in [2.45, 2.75) is 91.9 Å². The molecule has 20 heavy (non-hydrogen) atoms. The Morgan fingerprint density at radius 2 is 1.55 bits per heavy atom. The van der Waals surface area contributed by atoms with Gasteiger partial charge in [0.05, 0.1) is 0 Å². The molecule has 0 amide bonds. The Morgan fingerprint density at radius 1 is 0.900 bits per heavy atom. The third kappa shape index (κ3) is 9.28. The number of rotatable bonds is 13. The summed E-state index contributed by atoms with van der Waals surface area (Å²) in [5.41, 5.74) is 0. The van der Waals surface area contributed by atoms with Gasteiger partial charge in [-0.25, -0.2) is 0 Å². The zero-order valence-corrected chi connectivity index (χ0v) is 14.0. The van der Waals surface area contributed by atoms with Crippen LogP contribution in [0.25, 0.3) is 0 Å².